The Morgan fingerprint density at radius 1 is 1.00 bits per heavy atom. The summed E-state index contributed by atoms with van der Waals surface area (Å²) in [4.78, 5) is 2.62. The molecule has 146 valence electrons. The van der Waals surface area contributed by atoms with Crippen LogP contribution in [0.4, 0.5) is 5.69 Å². The van der Waals surface area contributed by atoms with E-state index in [9.17, 15) is 5.11 Å². The fraction of sp³-hybridized carbons (Fsp3) is 0.500. The lowest BCUT2D eigenvalue weighted by Crippen LogP contribution is -2.33. The summed E-state index contributed by atoms with van der Waals surface area (Å²) in [6.07, 6.45) is 4.42. The van der Waals surface area contributed by atoms with Crippen LogP contribution in [0.3, 0.4) is 0 Å². The normalized spacial score (nSPS) is 17.2. The molecule has 0 radical (unpaired) electrons. The minimum atomic E-state index is -0.491. The number of rotatable bonds is 8. The van der Waals surface area contributed by atoms with Crippen molar-refractivity contribution in [1.29, 1.82) is 0 Å². The van der Waals surface area contributed by atoms with Crippen LogP contribution in [0.2, 0.25) is 0 Å². The summed E-state index contributed by atoms with van der Waals surface area (Å²) < 4.78 is 0. The number of aliphatic hydroxyl groups excluding tert-OH is 1. The van der Waals surface area contributed by atoms with Crippen molar-refractivity contribution >= 4 is 5.69 Å². The van der Waals surface area contributed by atoms with Gasteiger partial charge >= 0.3 is 0 Å². The Balaban J connectivity index is 1.41. The first-order chi connectivity index (χ1) is 13.1. The maximum absolute atomic E-state index is 9.95. The van der Waals surface area contributed by atoms with Crippen molar-refractivity contribution < 1.29 is 5.11 Å². The minimum absolute atomic E-state index is 0.205. The Morgan fingerprint density at radius 2 is 1.67 bits per heavy atom. The molecule has 1 saturated heterocycles. The lowest BCUT2D eigenvalue weighted by molar-refractivity contribution is 0.153. The average molecular weight is 367 g/mol. The number of anilines is 1. The van der Waals surface area contributed by atoms with Crippen molar-refractivity contribution in [1.82, 2.24) is 4.90 Å². The summed E-state index contributed by atoms with van der Waals surface area (Å²) in [5, 5.41) is 13.1. The zero-order chi connectivity index (χ0) is 19.1. The number of nitrogens with one attached hydrogen (secondary N) is 1. The fourth-order valence-corrected chi connectivity index (χ4v) is 3.83. The van der Waals surface area contributed by atoms with E-state index in [0.717, 1.165) is 5.69 Å². The van der Waals surface area contributed by atoms with Crippen LogP contribution in [0.5, 0.6) is 0 Å². The zero-order valence-corrected chi connectivity index (χ0v) is 16.8. The van der Waals surface area contributed by atoms with E-state index in [0.29, 0.717) is 5.92 Å². The Hall–Kier alpha value is -1.84. The van der Waals surface area contributed by atoms with Gasteiger partial charge in [-0.1, -0.05) is 56.3 Å². The molecule has 2 aromatic rings. The summed E-state index contributed by atoms with van der Waals surface area (Å²) in [6.45, 7) is 7.63. The van der Waals surface area contributed by atoms with Gasteiger partial charge < -0.3 is 15.3 Å². The van der Waals surface area contributed by atoms with Gasteiger partial charge in [-0.15, -0.1) is 0 Å². The second-order valence-corrected chi connectivity index (χ2v) is 8.16. The van der Waals surface area contributed by atoms with Crippen LogP contribution in [0.1, 0.15) is 50.2 Å². The van der Waals surface area contributed by atoms with Crippen molar-refractivity contribution in [2.45, 2.75) is 51.7 Å². The molecule has 1 aliphatic rings. The Morgan fingerprint density at radius 3 is 2.30 bits per heavy atom. The van der Waals surface area contributed by atoms with Gasteiger partial charge in [-0.3, -0.25) is 0 Å². The van der Waals surface area contributed by atoms with E-state index < -0.39 is 6.23 Å². The van der Waals surface area contributed by atoms with Crippen molar-refractivity contribution in [3.05, 3.63) is 65.7 Å². The minimum Gasteiger partial charge on any atom is -0.374 e. The molecule has 1 unspecified atom stereocenters. The van der Waals surface area contributed by atoms with E-state index >= 15 is 0 Å². The molecule has 1 fully saturated rings. The highest BCUT2D eigenvalue weighted by atomic mass is 16.3. The van der Waals surface area contributed by atoms with Gasteiger partial charge in [0.2, 0.25) is 0 Å². The van der Waals surface area contributed by atoms with Gasteiger partial charge in [0.25, 0.3) is 0 Å². The third-order valence-electron chi connectivity index (χ3n) is 5.70. The topological polar surface area (TPSA) is 35.5 Å². The molecule has 0 aliphatic carbocycles. The number of nitrogens with zero attached hydrogens (tertiary/aromatic N) is 1. The number of hydrogen-bond donors (Lipinski definition) is 2. The molecule has 3 nitrogen and oxygen atoms in total. The molecule has 0 bridgehead atoms. The maximum atomic E-state index is 9.95. The quantitative estimate of drug-likeness (QED) is 0.653. The van der Waals surface area contributed by atoms with Crippen molar-refractivity contribution in [3.8, 4) is 0 Å². The van der Waals surface area contributed by atoms with E-state index in [-0.39, 0.29) is 5.92 Å². The molecule has 2 N–H and O–H groups in total. The molecule has 3 rings (SSSR count). The van der Waals surface area contributed by atoms with Crippen LogP contribution in [0.15, 0.2) is 54.6 Å². The van der Waals surface area contributed by atoms with Crippen molar-refractivity contribution in [2.24, 2.45) is 5.92 Å². The molecule has 0 saturated carbocycles. The molecular formula is C24H34N2O. The lowest BCUT2D eigenvalue weighted by atomic mass is 9.89. The van der Waals surface area contributed by atoms with Gasteiger partial charge in [0.05, 0.1) is 0 Å². The second-order valence-electron chi connectivity index (χ2n) is 8.16. The molecule has 1 atom stereocenters. The number of likely N-dealkylation sites (tertiary alicyclic amines) is 1. The fourth-order valence-electron chi connectivity index (χ4n) is 3.83. The van der Waals surface area contributed by atoms with Crippen molar-refractivity contribution in [3.63, 3.8) is 0 Å². The molecule has 0 aromatic heterocycles. The lowest BCUT2D eigenvalue weighted by Gasteiger charge is -2.32. The number of benzene rings is 2. The maximum Gasteiger partial charge on any atom is 0.126 e. The molecule has 1 aliphatic heterocycles. The first-order valence-corrected chi connectivity index (χ1v) is 10.4. The van der Waals surface area contributed by atoms with Crippen LogP contribution in [0.25, 0.3) is 0 Å². The van der Waals surface area contributed by atoms with Crippen LogP contribution < -0.4 is 5.32 Å². The summed E-state index contributed by atoms with van der Waals surface area (Å²) in [5.41, 5.74) is 3.88. The predicted molar refractivity (Wildman–Crippen MR) is 114 cm³/mol. The van der Waals surface area contributed by atoms with E-state index in [2.05, 4.69) is 64.8 Å². The molecule has 3 heteroatoms. The largest absolute Gasteiger partial charge is 0.374 e. The number of aliphatic hydroxyl groups is 1. The number of hydrogen-bond acceptors (Lipinski definition) is 3. The predicted octanol–water partition coefficient (Wildman–Crippen LogP) is 4.89. The van der Waals surface area contributed by atoms with E-state index in [1.54, 1.807) is 0 Å². The van der Waals surface area contributed by atoms with E-state index in [4.69, 9.17) is 0 Å². The highest BCUT2D eigenvalue weighted by molar-refractivity contribution is 5.45. The third kappa shape index (κ3) is 6.08. The molecule has 0 amide bonds. The van der Waals surface area contributed by atoms with Gasteiger partial charge in [0, 0.05) is 5.69 Å². The SMILES string of the molecule is CC(C)C(O)Nc1ccc(C2CCN(CCCc3ccccc3)CC2)cc1. The first kappa shape index (κ1) is 19.9. The van der Waals surface area contributed by atoms with Gasteiger partial charge in [-0.25, -0.2) is 0 Å². The highest BCUT2D eigenvalue weighted by Gasteiger charge is 2.20. The molecule has 27 heavy (non-hydrogen) atoms. The zero-order valence-electron chi connectivity index (χ0n) is 16.8. The summed E-state index contributed by atoms with van der Waals surface area (Å²) >= 11 is 0. The number of piperidine rings is 1. The van der Waals surface area contributed by atoms with E-state index in [1.165, 1.54) is 56.4 Å². The van der Waals surface area contributed by atoms with Crippen LogP contribution in [-0.2, 0) is 6.42 Å². The Kier molecular flexibility index (Phi) is 7.31. The molecular weight excluding hydrogens is 332 g/mol. The molecule has 1 heterocycles. The molecule has 0 spiro atoms. The first-order valence-electron chi connectivity index (χ1n) is 10.4. The summed E-state index contributed by atoms with van der Waals surface area (Å²) in [7, 11) is 0. The number of aryl methyl sites for hydroxylation is 1. The van der Waals surface area contributed by atoms with Gasteiger partial charge in [-0.2, -0.15) is 0 Å². The van der Waals surface area contributed by atoms with E-state index in [1.807, 2.05) is 13.8 Å². The monoisotopic (exact) mass is 366 g/mol. The Labute approximate surface area is 164 Å². The third-order valence-corrected chi connectivity index (χ3v) is 5.70. The van der Waals surface area contributed by atoms with Crippen LogP contribution in [-0.4, -0.2) is 35.9 Å². The summed E-state index contributed by atoms with van der Waals surface area (Å²) in [6, 6.07) is 19.5. The van der Waals surface area contributed by atoms with Gasteiger partial charge in [0.15, 0.2) is 0 Å². The van der Waals surface area contributed by atoms with Gasteiger partial charge in [0.1, 0.15) is 6.23 Å². The smallest absolute Gasteiger partial charge is 0.126 e. The Bertz CT molecular complexity index is 661. The van der Waals surface area contributed by atoms with Crippen molar-refractivity contribution in [2.75, 3.05) is 25.0 Å². The van der Waals surface area contributed by atoms with Crippen LogP contribution >= 0.6 is 0 Å². The van der Waals surface area contributed by atoms with Gasteiger partial charge in [-0.05, 0) is 80.4 Å². The average Bonchev–Trinajstić information content (AvgIpc) is 2.70. The summed E-state index contributed by atoms with van der Waals surface area (Å²) in [5.74, 6) is 0.871. The van der Waals surface area contributed by atoms with Crippen LogP contribution in [0, 0.1) is 5.92 Å². The highest BCUT2D eigenvalue weighted by Crippen LogP contribution is 2.29. The second kappa shape index (κ2) is 9.91. The standard InChI is InChI=1S/C24H34N2O/c1-19(2)24(27)25-23-12-10-21(11-13-23)22-14-17-26(18-15-22)16-6-9-20-7-4-3-5-8-20/h3-5,7-8,10-13,19,22,24-25,27H,6,9,14-18H2,1-2H3. The molecule has 2 aromatic carbocycles.